The van der Waals surface area contributed by atoms with Crippen LogP contribution in [0.25, 0.3) is 0 Å². The minimum absolute atomic E-state index is 0.0758. The van der Waals surface area contributed by atoms with Crippen molar-refractivity contribution in [2.45, 2.75) is 58.9 Å². The smallest absolute Gasteiger partial charge is 0.251 e. The van der Waals surface area contributed by atoms with Crippen molar-refractivity contribution in [1.82, 2.24) is 19.9 Å². The fourth-order valence-corrected chi connectivity index (χ4v) is 4.20. The van der Waals surface area contributed by atoms with Gasteiger partial charge in [-0.15, -0.1) is 11.3 Å². The lowest BCUT2D eigenvalue weighted by Gasteiger charge is -2.24. The van der Waals surface area contributed by atoms with E-state index in [-0.39, 0.29) is 23.4 Å². The first-order chi connectivity index (χ1) is 11.8. The molecule has 0 spiro atoms. The number of carbonyl (C=O) groups excluding carboxylic acids is 1. The molecule has 0 radical (unpaired) electrons. The molecule has 1 atom stereocenters. The Morgan fingerprint density at radius 3 is 2.80 bits per heavy atom. The molecule has 0 unspecified atom stereocenters. The number of likely N-dealkylation sites (tertiary alicyclic amines) is 1. The molecule has 1 fully saturated rings. The average Bonchev–Trinajstić information content (AvgIpc) is 3.13. The van der Waals surface area contributed by atoms with E-state index in [1.165, 1.54) is 0 Å². The van der Waals surface area contributed by atoms with Crippen LogP contribution >= 0.6 is 11.3 Å². The van der Waals surface area contributed by atoms with E-state index in [0.717, 1.165) is 34.1 Å². The number of thiazole rings is 1. The monoisotopic (exact) mass is 360 g/mol. The molecule has 3 rings (SSSR count). The Hall–Kier alpha value is -2.02. The van der Waals surface area contributed by atoms with Crippen LogP contribution in [-0.2, 0) is 11.2 Å². The first-order valence-electron chi connectivity index (χ1n) is 8.68. The van der Waals surface area contributed by atoms with Crippen LogP contribution < -0.4 is 5.56 Å². The van der Waals surface area contributed by atoms with Gasteiger partial charge in [0.05, 0.1) is 28.9 Å². The van der Waals surface area contributed by atoms with Gasteiger partial charge in [0.15, 0.2) is 0 Å². The van der Waals surface area contributed by atoms with Gasteiger partial charge in [-0.25, -0.2) is 9.97 Å². The first-order valence-corrected chi connectivity index (χ1v) is 9.50. The number of nitrogens with one attached hydrogen (secondary N) is 1. The van der Waals surface area contributed by atoms with Gasteiger partial charge in [-0.2, -0.15) is 0 Å². The summed E-state index contributed by atoms with van der Waals surface area (Å²) < 4.78 is 0. The minimum atomic E-state index is -0.151. The molecule has 2 aromatic rings. The molecule has 0 saturated carbocycles. The first kappa shape index (κ1) is 17.8. The summed E-state index contributed by atoms with van der Waals surface area (Å²) in [6, 6.07) is 1.40. The van der Waals surface area contributed by atoms with Crippen LogP contribution in [0.1, 0.15) is 65.7 Å². The predicted molar refractivity (Wildman–Crippen MR) is 97.9 cm³/mol. The van der Waals surface area contributed by atoms with Crippen molar-refractivity contribution < 1.29 is 4.79 Å². The Morgan fingerprint density at radius 1 is 1.40 bits per heavy atom. The standard InChI is InChI=1S/C18H24N4O2S/c1-10(2)13-8-16(23)21-18(20-13)14-6-5-7-22(14)17(24)9-15-11(3)19-12(4)25-15/h8,10,14H,5-7,9H2,1-4H3,(H,20,21,23)/t14-/m0/s1. The maximum atomic E-state index is 12.8. The topological polar surface area (TPSA) is 79.0 Å². The molecule has 1 aliphatic heterocycles. The molecule has 25 heavy (non-hydrogen) atoms. The van der Waals surface area contributed by atoms with Gasteiger partial charge in [0.1, 0.15) is 5.82 Å². The summed E-state index contributed by atoms with van der Waals surface area (Å²) in [5.74, 6) is 0.862. The van der Waals surface area contributed by atoms with Crippen LogP contribution in [0.2, 0.25) is 0 Å². The molecule has 0 bridgehead atoms. The van der Waals surface area contributed by atoms with Crippen molar-refractivity contribution in [3.05, 3.63) is 43.5 Å². The van der Waals surface area contributed by atoms with Crippen molar-refractivity contribution in [3.8, 4) is 0 Å². The second-order valence-electron chi connectivity index (χ2n) is 6.87. The van der Waals surface area contributed by atoms with E-state index in [9.17, 15) is 9.59 Å². The maximum absolute atomic E-state index is 12.8. The minimum Gasteiger partial charge on any atom is -0.332 e. The molecule has 1 aliphatic rings. The van der Waals surface area contributed by atoms with Gasteiger partial charge in [-0.3, -0.25) is 9.59 Å². The fraction of sp³-hybridized carbons (Fsp3) is 0.556. The summed E-state index contributed by atoms with van der Waals surface area (Å²) in [4.78, 5) is 39.6. The van der Waals surface area contributed by atoms with Gasteiger partial charge in [-0.05, 0) is 32.6 Å². The lowest BCUT2D eigenvalue weighted by Crippen LogP contribution is -2.33. The number of carbonyl (C=O) groups is 1. The largest absolute Gasteiger partial charge is 0.332 e. The average molecular weight is 360 g/mol. The van der Waals surface area contributed by atoms with E-state index in [1.807, 2.05) is 32.6 Å². The Bertz CT molecular complexity index is 840. The number of rotatable bonds is 4. The van der Waals surface area contributed by atoms with Gasteiger partial charge < -0.3 is 9.88 Å². The van der Waals surface area contributed by atoms with E-state index in [1.54, 1.807) is 17.4 Å². The van der Waals surface area contributed by atoms with Crippen LogP contribution in [0.5, 0.6) is 0 Å². The zero-order valence-electron chi connectivity index (χ0n) is 15.1. The highest BCUT2D eigenvalue weighted by atomic mass is 32.1. The number of nitrogens with zero attached hydrogens (tertiary/aromatic N) is 3. The number of hydrogen-bond donors (Lipinski definition) is 1. The van der Waals surface area contributed by atoms with E-state index >= 15 is 0 Å². The summed E-state index contributed by atoms with van der Waals surface area (Å²) in [5.41, 5.74) is 1.55. The molecule has 7 heteroatoms. The lowest BCUT2D eigenvalue weighted by molar-refractivity contribution is -0.131. The number of amides is 1. The normalized spacial score (nSPS) is 17.5. The van der Waals surface area contributed by atoms with Crippen LogP contribution in [-0.4, -0.2) is 32.3 Å². The van der Waals surface area contributed by atoms with Crippen LogP contribution in [0.4, 0.5) is 0 Å². The van der Waals surface area contributed by atoms with Gasteiger partial charge in [-0.1, -0.05) is 13.8 Å². The molecule has 1 amide bonds. The number of aryl methyl sites for hydroxylation is 2. The SMILES string of the molecule is Cc1nc(C)c(CC(=O)N2CCC[C@H]2c2nc(C(C)C)cc(=O)[nH]2)s1. The molecular weight excluding hydrogens is 336 g/mol. The molecule has 1 saturated heterocycles. The summed E-state index contributed by atoms with van der Waals surface area (Å²) in [6.45, 7) is 8.63. The Labute approximate surface area is 151 Å². The molecule has 134 valence electrons. The third-order valence-electron chi connectivity index (χ3n) is 4.57. The second kappa shape index (κ2) is 7.07. The van der Waals surface area contributed by atoms with Gasteiger partial charge in [0.2, 0.25) is 5.91 Å². The second-order valence-corrected chi connectivity index (χ2v) is 8.16. The summed E-state index contributed by atoms with van der Waals surface area (Å²) in [6.07, 6.45) is 2.12. The Kier molecular flexibility index (Phi) is 5.03. The Balaban J connectivity index is 1.84. The van der Waals surface area contributed by atoms with Crippen molar-refractivity contribution in [2.75, 3.05) is 6.54 Å². The molecule has 0 aromatic carbocycles. The molecule has 0 aliphatic carbocycles. The maximum Gasteiger partial charge on any atom is 0.251 e. The Morgan fingerprint density at radius 2 is 2.16 bits per heavy atom. The van der Waals surface area contributed by atoms with Crippen molar-refractivity contribution >= 4 is 17.2 Å². The van der Waals surface area contributed by atoms with E-state index < -0.39 is 0 Å². The lowest BCUT2D eigenvalue weighted by atomic mass is 10.1. The van der Waals surface area contributed by atoms with Crippen LogP contribution in [0, 0.1) is 13.8 Å². The highest BCUT2D eigenvalue weighted by Crippen LogP contribution is 2.31. The summed E-state index contributed by atoms with van der Waals surface area (Å²) in [7, 11) is 0. The van der Waals surface area contributed by atoms with Crippen LogP contribution in [0.3, 0.4) is 0 Å². The van der Waals surface area contributed by atoms with Crippen molar-refractivity contribution in [2.24, 2.45) is 0 Å². The van der Waals surface area contributed by atoms with E-state index in [0.29, 0.717) is 18.8 Å². The third kappa shape index (κ3) is 3.81. The number of hydrogen-bond acceptors (Lipinski definition) is 5. The zero-order chi connectivity index (χ0) is 18.1. The number of H-pyrrole nitrogens is 1. The third-order valence-corrected chi connectivity index (χ3v) is 5.64. The van der Waals surface area contributed by atoms with Crippen LogP contribution in [0.15, 0.2) is 10.9 Å². The number of aromatic amines is 1. The highest BCUT2D eigenvalue weighted by molar-refractivity contribution is 7.11. The molecule has 6 nitrogen and oxygen atoms in total. The van der Waals surface area contributed by atoms with E-state index in [2.05, 4.69) is 15.0 Å². The zero-order valence-corrected chi connectivity index (χ0v) is 15.9. The molecule has 3 heterocycles. The molecule has 1 N–H and O–H groups in total. The molecular formula is C18H24N4O2S. The van der Waals surface area contributed by atoms with E-state index in [4.69, 9.17) is 0 Å². The highest BCUT2D eigenvalue weighted by Gasteiger charge is 2.32. The summed E-state index contributed by atoms with van der Waals surface area (Å²) in [5, 5.41) is 0.980. The fourth-order valence-electron chi connectivity index (χ4n) is 3.28. The quantitative estimate of drug-likeness (QED) is 0.909. The van der Waals surface area contributed by atoms with Gasteiger partial charge >= 0.3 is 0 Å². The summed E-state index contributed by atoms with van der Waals surface area (Å²) >= 11 is 1.58. The number of aromatic nitrogens is 3. The van der Waals surface area contributed by atoms with Crippen molar-refractivity contribution in [1.29, 1.82) is 0 Å². The van der Waals surface area contributed by atoms with Crippen molar-refractivity contribution in [3.63, 3.8) is 0 Å². The van der Waals surface area contributed by atoms with Gasteiger partial charge in [0.25, 0.3) is 5.56 Å². The predicted octanol–water partition coefficient (Wildman–Crippen LogP) is 2.87. The molecule has 2 aromatic heterocycles. The van der Waals surface area contributed by atoms with Gasteiger partial charge in [0, 0.05) is 17.5 Å².